The molecule has 0 spiro atoms. The highest BCUT2D eigenvalue weighted by atomic mass is 16.6. The highest BCUT2D eigenvalue weighted by molar-refractivity contribution is 5.93. The van der Waals surface area contributed by atoms with Crippen molar-refractivity contribution in [3.63, 3.8) is 0 Å². The molecule has 5 atom stereocenters. The lowest BCUT2D eigenvalue weighted by molar-refractivity contribution is -0.137. The first-order chi connectivity index (χ1) is 13.0. The van der Waals surface area contributed by atoms with E-state index < -0.39 is 5.97 Å². The predicted molar refractivity (Wildman–Crippen MR) is 101 cm³/mol. The molecule has 27 heavy (non-hydrogen) atoms. The first-order valence-electron chi connectivity index (χ1n) is 9.85. The number of carbonyl (C=O) groups is 1. The van der Waals surface area contributed by atoms with Crippen LogP contribution in [-0.2, 0) is 16.1 Å². The summed E-state index contributed by atoms with van der Waals surface area (Å²) < 4.78 is 0. The molecule has 0 heterocycles. The second kappa shape index (κ2) is 9.33. The van der Waals surface area contributed by atoms with Crippen LogP contribution in [0.3, 0.4) is 0 Å². The van der Waals surface area contributed by atoms with Gasteiger partial charge in [0.25, 0.3) is 0 Å². The Labute approximate surface area is 159 Å². The Morgan fingerprint density at radius 1 is 1.30 bits per heavy atom. The standard InChI is InChI=1S/C21H29NO5/c23-15(11-14-5-2-1-3-6-14)8-9-16-17-12-19(18(17)13-20(16)24)22-27-10-4-7-21(25)26/h1-3,5-6,15-18,20,23-24H,4,7-13H2,(H,25,26). The lowest BCUT2D eigenvalue weighted by Crippen LogP contribution is -2.37. The molecular weight excluding hydrogens is 346 g/mol. The van der Waals surface area contributed by atoms with Crippen LogP contribution >= 0.6 is 0 Å². The van der Waals surface area contributed by atoms with Crippen LogP contribution < -0.4 is 0 Å². The minimum atomic E-state index is -0.828. The molecule has 2 saturated carbocycles. The van der Waals surface area contributed by atoms with E-state index in [4.69, 9.17) is 9.94 Å². The maximum Gasteiger partial charge on any atom is 0.303 e. The Kier molecular flexibility index (Phi) is 6.85. The van der Waals surface area contributed by atoms with Crippen LogP contribution in [0.25, 0.3) is 0 Å². The van der Waals surface area contributed by atoms with Crippen molar-refractivity contribution < 1.29 is 25.0 Å². The van der Waals surface area contributed by atoms with Gasteiger partial charge in [-0.2, -0.15) is 0 Å². The summed E-state index contributed by atoms with van der Waals surface area (Å²) >= 11 is 0. The Bertz CT molecular complexity index is 647. The number of carboxylic acid groups (broad SMARTS) is 1. The molecule has 0 aliphatic heterocycles. The van der Waals surface area contributed by atoms with Crippen molar-refractivity contribution in [3.8, 4) is 0 Å². The monoisotopic (exact) mass is 375 g/mol. The number of oxime groups is 1. The summed E-state index contributed by atoms with van der Waals surface area (Å²) in [7, 11) is 0. The third kappa shape index (κ3) is 5.30. The first kappa shape index (κ1) is 19.8. The molecule has 0 amide bonds. The van der Waals surface area contributed by atoms with E-state index in [1.807, 2.05) is 30.3 Å². The van der Waals surface area contributed by atoms with Gasteiger partial charge in [-0.3, -0.25) is 4.79 Å². The number of hydrogen-bond acceptors (Lipinski definition) is 5. The van der Waals surface area contributed by atoms with Crippen LogP contribution in [0, 0.1) is 17.8 Å². The van der Waals surface area contributed by atoms with E-state index in [1.165, 1.54) is 0 Å². The van der Waals surface area contributed by atoms with E-state index >= 15 is 0 Å². The van der Waals surface area contributed by atoms with Crippen molar-refractivity contribution in [2.45, 2.75) is 57.2 Å². The van der Waals surface area contributed by atoms with Crippen LogP contribution in [0.2, 0.25) is 0 Å². The average Bonchev–Trinajstić information content (AvgIpc) is 2.87. The van der Waals surface area contributed by atoms with Gasteiger partial charge in [0.05, 0.1) is 17.9 Å². The normalized spacial score (nSPS) is 29.2. The third-order valence-electron chi connectivity index (χ3n) is 5.88. The average molecular weight is 375 g/mol. The van der Waals surface area contributed by atoms with E-state index in [-0.39, 0.29) is 30.5 Å². The second-order valence-electron chi connectivity index (χ2n) is 7.78. The third-order valence-corrected chi connectivity index (χ3v) is 5.88. The number of rotatable bonds is 10. The van der Waals surface area contributed by atoms with Crippen LogP contribution in [0.15, 0.2) is 35.5 Å². The number of aliphatic hydroxyl groups excluding tert-OH is 2. The van der Waals surface area contributed by atoms with Crippen molar-refractivity contribution in [2.75, 3.05) is 6.61 Å². The molecule has 6 nitrogen and oxygen atoms in total. The number of aliphatic hydroxyl groups is 2. The highest BCUT2D eigenvalue weighted by Gasteiger charge is 2.51. The fraction of sp³-hybridized carbons (Fsp3) is 0.619. The summed E-state index contributed by atoms with van der Waals surface area (Å²) in [6.07, 6.45) is 3.51. The number of aliphatic carboxylic acids is 1. The molecular formula is C21H29NO5. The topological polar surface area (TPSA) is 99.4 Å². The molecule has 1 aromatic rings. The second-order valence-corrected chi connectivity index (χ2v) is 7.78. The molecule has 2 aliphatic rings. The molecule has 2 fully saturated rings. The smallest absolute Gasteiger partial charge is 0.303 e. The van der Waals surface area contributed by atoms with Crippen molar-refractivity contribution in [3.05, 3.63) is 35.9 Å². The maximum absolute atomic E-state index is 10.5. The van der Waals surface area contributed by atoms with E-state index in [1.54, 1.807) is 0 Å². The molecule has 0 bridgehead atoms. The SMILES string of the molecule is O=C(O)CCCON=C1CC2C1CC(O)C2CCC(O)Cc1ccccc1. The molecule has 1 aromatic carbocycles. The number of hydrogen-bond donors (Lipinski definition) is 3. The first-order valence-corrected chi connectivity index (χ1v) is 9.85. The summed E-state index contributed by atoms with van der Waals surface area (Å²) in [4.78, 5) is 15.7. The molecule has 0 aromatic heterocycles. The van der Waals surface area contributed by atoms with Gasteiger partial charge in [-0.1, -0.05) is 35.5 Å². The van der Waals surface area contributed by atoms with Gasteiger partial charge in [0, 0.05) is 12.3 Å². The van der Waals surface area contributed by atoms with Gasteiger partial charge in [-0.25, -0.2) is 0 Å². The number of nitrogens with zero attached hydrogens (tertiary/aromatic N) is 1. The van der Waals surface area contributed by atoms with Crippen LogP contribution in [-0.4, -0.2) is 45.8 Å². The summed E-state index contributed by atoms with van der Waals surface area (Å²) in [5, 5.41) is 33.5. The van der Waals surface area contributed by atoms with Crippen LogP contribution in [0.5, 0.6) is 0 Å². The zero-order valence-electron chi connectivity index (χ0n) is 15.5. The van der Waals surface area contributed by atoms with Crippen molar-refractivity contribution in [2.24, 2.45) is 22.9 Å². The molecule has 148 valence electrons. The van der Waals surface area contributed by atoms with Gasteiger partial charge < -0.3 is 20.2 Å². The van der Waals surface area contributed by atoms with Crippen LogP contribution in [0.1, 0.15) is 44.1 Å². The lowest BCUT2D eigenvalue weighted by Gasteiger charge is -2.35. The molecule has 3 rings (SSSR count). The predicted octanol–water partition coefficient (Wildman–Crippen LogP) is 2.62. The minimum Gasteiger partial charge on any atom is -0.481 e. The Morgan fingerprint density at radius 2 is 2.07 bits per heavy atom. The van der Waals surface area contributed by atoms with E-state index in [0.29, 0.717) is 38.2 Å². The van der Waals surface area contributed by atoms with Crippen molar-refractivity contribution in [1.29, 1.82) is 0 Å². The summed E-state index contributed by atoms with van der Waals surface area (Å²) in [6.45, 7) is 0.310. The Morgan fingerprint density at radius 3 is 2.81 bits per heavy atom. The van der Waals surface area contributed by atoms with Crippen molar-refractivity contribution >= 4 is 11.7 Å². The van der Waals surface area contributed by atoms with E-state index in [9.17, 15) is 15.0 Å². The summed E-state index contributed by atoms with van der Waals surface area (Å²) in [6, 6.07) is 9.97. The highest BCUT2D eigenvalue weighted by Crippen LogP contribution is 2.50. The zero-order valence-corrected chi connectivity index (χ0v) is 15.5. The molecule has 6 heteroatoms. The molecule has 2 aliphatic carbocycles. The fourth-order valence-electron chi connectivity index (χ4n) is 4.40. The van der Waals surface area contributed by atoms with Gasteiger partial charge in [0.1, 0.15) is 6.61 Å². The summed E-state index contributed by atoms with van der Waals surface area (Å²) in [5.41, 5.74) is 2.12. The number of fused-ring (bicyclic) bond motifs is 1. The molecule has 0 radical (unpaired) electrons. The zero-order chi connectivity index (χ0) is 19.2. The van der Waals surface area contributed by atoms with Crippen molar-refractivity contribution in [1.82, 2.24) is 0 Å². The molecule has 0 saturated heterocycles. The quantitative estimate of drug-likeness (QED) is 0.431. The molecule has 3 N–H and O–H groups in total. The van der Waals surface area contributed by atoms with Crippen LogP contribution in [0.4, 0.5) is 0 Å². The lowest BCUT2D eigenvalue weighted by atomic mass is 9.70. The van der Waals surface area contributed by atoms with E-state index in [2.05, 4.69) is 5.16 Å². The summed E-state index contributed by atoms with van der Waals surface area (Å²) in [5.74, 6) is 0.0820. The minimum absolute atomic E-state index is 0.0863. The van der Waals surface area contributed by atoms with Gasteiger partial charge in [0.2, 0.25) is 0 Å². The fourth-order valence-corrected chi connectivity index (χ4v) is 4.40. The molecule has 5 unspecified atom stereocenters. The van der Waals surface area contributed by atoms with Gasteiger partial charge in [-0.15, -0.1) is 0 Å². The van der Waals surface area contributed by atoms with Gasteiger partial charge >= 0.3 is 5.97 Å². The number of carboxylic acids is 1. The number of benzene rings is 1. The van der Waals surface area contributed by atoms with Gasteiger partial charge in [-0.05, 0) is 55.9 Å². The van der Waals surface area contributed by atoms with E-state index in [0.717, 1.165) is 24.1 Å². The Hall–Kier alpha value is -1.92. The maximum atomic E-state index is 10.5. The largest absolute Gasteiger partial charge is 0.481 e. The van der Waals surface area contributed by atoms with Gasteiger partial charge in [0.15, 0.2) is 0 Å². The Balaban J connectivity index is 1.40.